The van der Waals surface area contributed by atoms with Crippen LogP contribution < -0.4 is 0 Å². The van der Waals surface area contributed by atoms with Crippen molar-refractivity contribution >= 4 is 23.6 Å². The molecule has 2 rings (SSSR count). The maximum atomic E-state index is 10.9. The van der Waals surface area contributed by atoms with E-state index in [1.165, 1.54) is 12.1 Å². The summed E-state index contributed by atoms with van der Waals surface area (Å²) < 4.78 is 1.70. The van der Waals surface area contributed by atoms with E-state index >= 15 is 0 Å². The first-order valence-electron chi connectivity index (χ1n) is 5.14. The highest BCUT2D eigenvalue weighted by Crippen LogP contribution is 2.23. The van der Waals surface area contributed by atoms with Crippen molar-refractivity contribution in [2.24, 2.45) is 0 Å². The molecule has 0 radical (unpaired) electrons. The molecule has 1 aromatic carbocycles. The smallest absolute Gasteiger partial charge is 0.274 e. The molecule has 0 aliphatic rings. The summed E-state index contributed by atoms with van der Waals surface area (Å²) in [5, 5.41) is 11.3. The zero-order valence-corrected chi connectivity index (χ0v) is 10.0. The van der Waals surface area contributed by atoms with Crippen molar-refractivity contribution in [3.63, 3.8) is 0 Å². The summed E-state index contributed by atoms with van der Waals surface area (Å²) in [4.78, 5) is 21.0. The van der Waals surface area contributed by atoms with Crippen LogP contribution >= 0.6 is 11.6 Å². The summed E-state index contributed by atoms with van der Waals surface area (Å²) >= 11 is 5.83. The van der Waals surface area contributed by atoms with E-state index in [-0.39, 0.29) is 5.69 Å². The van der Waals surface area contributed by atoms with Gasteiger partial charge in [0.25, 0.3) is 5.69 Å². The van der Waals surface area contributed by atoms with E-state index < -0.39 is 4.92 Å². The van der Waals surface area contributed by atoms with Crippen molar-refractivity contribution < 1.29 is 9.72 Å². The summed E-state index contributed by atoms with van der Waals surface area (Å²) in [5.41, 5.74) is 1.04. The van der Waals surface area contributed by atoms with Gasteiger partial charge in [0.05, 0.1) is 17.0 Å². The van der Waals surface area contributed by atoms with Gasteiger partial charge in [-0.3, -0.25) is 14.9 Å². The molecule has 0 atom stereocenters. The Bertz CT molecular complexity index is 607. The van der Waals surface area contributed by atoms with E-state index in [1.54, 1.807) is 29.1 Å². The Kier molecular flexibility index (Phi) is 3.43. The fourth-order valence-electron chi connectivity index (χ4n) is 1.68. The molecule has 0 aliphatic heterocycles. The molecular weight excluding hydrogens is 256 g/mol. The Balaban J connectivity index is 2.35. The Morgan fingerprint density at radius 3 is 2.78 bits per heavy atom. The summed E-state index contributed by atoms with van der Waals surface area (Å²) in [7, 11) is 0. The van der Waals surface area contributed by atoms with Gasteiger partial charge in [-0.05, 0) is 18.2 Å². The van der Waals surface area contributed by atoms with Gasteiger partial charge in [-0.15, -0.1) is 0 Å². The average Bonchev–Trinajstić information content (AvgIpc) is 2.76. The van der Waals surface area contributed by atoms with Gasteiger partial charge < -0.3 is 4.57 Å². The minimum absolute atomic E-state index is 0.0146. The molecular formula is C12H9ClN2O3. The first kappa shape index (κ1) is 12.3. The van der Waals surface area contributed by atoms with Crippen LogP contribution in [0.15, 0.2) is 36.7 Å². The maximum Gasteiger partial charge on any atom is 0.274 e. The van der Waals surface area contributed by atoms with Crippen molar-refractivity contribution in [1.82, 2.24) is 4.57 Å². The quantitative estimate of drug-likeness (QED) is 0.484. The number of aldehydes is 1. The third-order valence-electron chi connectivity index (χ3n) is 2.50. The van der Waals surface area contributed by atoms with Crippen LogP contribution in [0.1, 0.15) is 15.9 Å². The number of carbonyl (C=O) groups is 1. The number of nitro benzene ring substituents is 1. The monoisotopic (exact) mass is 264 g/mol. The highest BCUT2D eigenvalue weighted by atomic mass is 35.5. The minimum Gasteiger partial charge on any atom is -0.349 e. The number of benzene rings is 1. The molecule has 0 spiro atoms. The van der Waals surface area contributed by atoms with E-state index in [2.05, 4.69) is 0 Å². The summed E-state index contributed by atoms with van der Waals surface area (Å²) in [6.07, 6.45) is 4.04. The first-order chi connectivity index (χ1) is 8.60. The lowest BCUT2D eigenvalue weighted by atomic mass is 10.2. The van der Waals surface area contributed by atoms with E-state index in [0.29, 0.717) is 22.7 Å². The molecule has 0 unspecified atom stereocenters. The lowest BCUT2D eigenvalue weighted by Crippen LogP contribution is -2.01. The number of carbonyl (C=O) groups excluding carboxylic acids is 1. The van der Waals surface area contributed by atoms with Crippen LogP contribution in [0, 0.1) is 10.1 Å². The lowest BCUT2D eigenvalue weighted by molar-refractivity contribution is -0.385. The lowest BCUT2D eigenvalue weighted by Gasteiger charge is -2.05. The third kappa shape index (κ3) is 2.57. The van der Waals surface area contributed by atoms with Gasteiger partial charge in [0.2, 0.25) is 0 Å². The van der Waals surface area contributed by atoms with Crippen LogP contribution in [-0.2, 0) is 6.54 Å². The van der Waals surface area contributed by atoms with Gasteiger partial charge in [-0.25, -0.2) is 0 Å². The second-order valence-electron chi connectivity index (χ2n) is 3.77. The summed E-state index contributed by atoms with van der Waals surface area (Å²) in [6.45, 7) is 0.296. The SMILES string of the molecule is O=Cc1ccn(Cc2cc(Cl)ccc2[N+](=O)[O-])c1. The zero-order chi connectivity index (χ0) is 13.1. The largest absolute Gasteiger partial charge is 0.349 e. The number of nitrogens with zero attached hydrogens (tertiary/aromatic N) is 2. The van der Waals surface area contributed by atoms with Crippen LogP contribution in [0.4, 0.5) is 5.69 Å². The van der Waals surface area contributed by atoms with Gasteiger partial charge >= 0.3 is 0 Å². The van der Waals surface area contributed by atoms with Crippen LogP contribution in [-0.4, -0.2) is 15.8 Å². The zero-order valence-electron chi connectivity index (χ0n) is 9.25. The molecule has 18 heavy (non-hydrogen) atoms. The fraction of sp³-hybridized carbons (Fsp3) is 0.0833. The fourth-order valence-corrected chi connectivity index (χ4v) is 1.88. The first-order valence-corrected chi connectivity index (χ1v) is 5.51. The van der Waals surface area contributed by atoms with Gasteiger partial charge in [-0.2, -0.15) is 0 Å². The topological polar surface area (TPSA) is 65.1 Å². The molecule has 0 amide bonds. The second kappa shape index (κ2) is 5.01. The van der Waals surface area contributed by atoms with Crippen molar-refractivity contribution in [2.75, 3.05) is 0 Å². The Morgan fingerprint density at radius 2 is 2.17 bits per heavy atom. The van der Waals surface area contributed by atoms with Crippen molar-refractivity contribution in [1.29, 1.82) is 0 Å². The van der Waals surface area contributed by atoms with E-state index in [9.17, 15) is 14.9 Å². The van der Waals surface area contributed by atoms with E-state index in [0.717, 1.165) is 6.29 Å². The molecule has 0 N–H and O–H groups in total. The number of nitro groups is 1. The maximum absolute atomic E-state index is 10.9. The number of hydrogen-bond donors (Lipinski definition) is 0. The Hall–Kier alpha value is -2.14. The number of hydrogen-bond acceptors (Lipinski definition) is 3. The van der Waals surface area contributed by atoms with Crippen molar-refractivity contribution in [3.8, 4) is 0 Å². The molecule has 6 heteroatoms. The molecule has 1 heterocycles. The Labute approximate surface area is 108 Å². The van der Waals surface area contributed by atoms with Gasteiger partial charge in [0, 0.05) is 29.0 Å². The van der Waals surface area contributed by atoms with E-state index in [1.807, 2.05) is 0 Å². The summed E-state index contributed by atoms with van der Waals surface area (Å²) in [6, 6.07) is 6.06. The molecule has 92 valence electrons. The van der Waals surface area contributed by atoms with Crippen molar-refractivity contribution in [2.45, 2.75) is 6.54 Å². The molecule has 0 bridgehead atoms. The molecule has 1 aromatic heterocycles. The third-order valence-corrected chi connectivity index (χ3v) is 2.74. The second-order valence-corrected chi connectivity index (χ2v) is 4.20. The van der Waals surface area contributed by atoms with Crippen LogP contribution in [0.2, 0.25) is 5.02 Å². The van der Waals surface area contributed by atoms with Gasteiger partial charge in [-0.1, -0.05) is 11.6 Å². The Morgan fingerprint density at radius 1 is 1.39 bits per heavy atom. The van der Waals surface area contributed by atoms with Crippen LogP contribution in [0.5, 0.6) is 0 Å². The van der Waals surface area contributed by atoms with Crippen LogP contribution in [0.3, 0.4) is 0 Å². The van der Waals surface area contributed by atoms with Gasteiger partial charge in [0.15, 0.2) is 6.29 Å². The summed E-state index contributed by atoms with van der Waals surface area (Å²) in [5.74, 6) is 0. The molecule has 5 nitrogen and oxygen atoms in total. The normalized spacial score (nSPS) is 10.3. The average molecular weight is 265 g/mol. The van der Waals surface area contributed by atoms with E-state index in [4.69, 9.17) is 11.6 Å². The molecule has 0 fully saturated rings. The number of halogens is 1. The van der Waals surface area contributed by atoms with Crippen LogP contribution in [0.25, 0.3) is 0 Å². The predicted molar refractivity (Wildman–Crippen MR) is 67.0 cm³/mol. The number of rotatable bonds is 4. The molecule has 0 aliphatic carbocycles. The molecule has 0 saturated carbocycles. The highest BCUT2D eigenvalue weighted by molar-refractivity contribution is 6.30. The van der Waals surface area contributed by atoms with Crippen molar-refractivity contribution in [3.05, 3.63) is 62.9 Å². The minimum atomic E-state index is -0.449. The number of aromatic nitrogens is 1. The standard InChI is InChI=1S/C12H9ClN2O3/c13-11-1-2-12(15(17)18)10(5-11)7-14-4-3-9(6-14)8-16/h1-6,8H,7H2. The predicted octanol–water partition coefficient (Wildman–Crippen LogP) is 2.91. The van der Waals surface area contributed by atoms with Gasteiger partial charge in [0.1, 0.15) is 0 Å². The highest BCUT2D eigenvalue weighted by Gasteiger charge is 2.14. The molecule has 0 saturated heterocycles. The molecule has 2 aromatic rings.